The number of unbranched alkanes of at least 4 members (excludes halogenated alkanes) is 1. The lowest BCUT2D eigenvalue weighted by atomic mass is 9.93. The van der Waals surface area contributed by atoms with Crippen LogP contribution in [0, 0.1) is 0 Å². The molecule has 0 saturated heterocycles. The third-order valence-electron chi connectivity index (χ3n) is 10.6. The standard InChI is InChI=1S/C24H31NO4.C13H18N4O3.C9H10N4O4/c1-5-26-21-10-9-17(14-22(21)27-6-2)13-20-19-16-24(29-8-4)23(28-7-3)15-18(19)11-12-25-20;1-9(18)6-4-5-7-17-12(19)10-11(14-8-15(10)2)16(3)13(17)20;1-11-7-6(8(16)12(2)9(11)17)13(4-10-7)3-5(14)15/h9-10,14-16H,5-8,11-13H2,1-4H3;8H,4-7H2,1-3H3;4H,3H2,1-2H3,(H,14,15). The zero-order chi connectivity index (χ0) is 48.2. The van der Waals surface area contributed by atoms with Crippen LogP contribution in [0.2, 0.25) is 0 Å². The summed E-state index contributed by atoms with van der Waals surface area (Å²) in [6, 6.07) is 10.3. The van der Waals surface area contributed by atoms with Crippen molar-refractivity contribution >= 4 is 39.8 Å². The number of hydrogen-bond acceptors (Lipinski definition) is 13. The van der Waals surface area contributed by atoms with Crippen molar-refractivity contribution in [2.75, 3.05) is 33.0 Å². The normalized spacial score (nSPS) is 11.8. The van der Waals surface area contributed by atoms with E-state index >= 15 is 0 Å². The molecule has 20 heteroatoms. The number of aliphatic imine (C=N–C) groups is 1. The molecule has 2 aromatic carbocycles. The van der Waals surface area contributed by atoms with Crippen LogP contribution in [0.3, 0.4) is 0 Å². The predicted octanol–water partition coefficient (Wildman–Crippen LogP) is 3.58. The molecule has 0 spiro atoms. The van der Waals surface area contributed by atoms with Gasteiger partial charge in [0.15, 0.2) is 45.3 Å². The van der Waals surface area contributed by atoms with E-state index in [0.717, 1.165) is 63.8 Å². The van der Waals surface area contributed by atoms with Crippen molar-refractivity contribution in [1.82, 2.24) is 37.4 Å². The Morgan fingerprint density at radius 2 is 1.29 bits per heavy atom. The Balaban J connectivity index is 0.000000194. The van der Waals surface area contributed by atoms with Gasteiger partial charge in [-0.2, -0.15) is 0 Å². The lowest BCUT2D eigenvalue weighted by Crippen LogP contribution is -2.39. The third kappa shape index (κ3) is 11.3. The monoisotopic (exact) mass is 913 g/mol. The molecule has 7 rings (SSSR count). The molecule has 0 bridgehead atoms. The van der Waals surface area contributed by atoms with Gasteiger partial charge in [0.1, 0.15) is 12.3 Å². The number of imidazole rings is 2. The van der Waals surface area contributed by atoms with Gasteiger partial charge in [-0.1, -0.05) is 6.07 Å². The first-order valence-electron chi connectivity index (χ1n) is 21.8. The summed E-state index contributed by atoms with van der Waals surface area (Å²) < 4.78 is 30.6. The fraction of sp³-hybridized carbons (Fsp3) is 0.457. The van der Waals surface area contributed by atoms with Crippen LogP contribution in [0.15, 0.2) is 67.2 Å². The number of aromatic nitrogens is 8. The Kier molecular flexibility index (Phi) is 17.0. The first-order chi connectivity index (χ1) is 31.6. The molecule has 0 atom stereocenters. The number of aryl methyl sites for hydroxylation is 3. The van der Waals surface area contributed by atoms with E-state index in [2.05, 4.69) is 34.2 Å². The second-order valence-corrected chi connectivity index (χ2v) is 15.4. The molecule has 1 aliphatic heterocycles. The van der Waals surface area contributed by atoms with Gasteiger partial charge < -0.3 is 38.0 Å². The Morgan fingerprint density at radius 1 is 0.697 bits per heavy atom. The number of rotatable bonds is 17. The zero-order valence-electron chi connectivity index (χ0n) is 39.1. The Labute approximate surface area is 380 Å². The number of benzene rings is 2. The van der Waals surface area contributed by atoms with Gasteiger partial charge in [-0.25, -0.2) is 19.6 Å². The van der Waals surface area contributed by atoms with Crippen LogP contribution in [0.5, 0.6) is 23.0 Å². The number of carbonyl (C=O) groups excluding carboxylic acids is 1. The minimum Gasteiger partial charge on any atom is -0.490 e. The summed E-state index contributed by atoms with van der Waals surface area (Å²) >= 11 is 0. The van der Waals surface area contributed by atoms with Gasteiger partial charge in [-0.05, 0) is 89.3 Å². The van der Waals surface area contributed by atoms with Gasteiger partial charge in [0.25, 0.3) is 11.1 Å². The van der Waals surface area contributed by atoms with Crippen LogP contribution in [0.4, 0.5) is 0 Å². The maximum Gasteiger partial charge on any atom is 0.332 e. The molecule has 1 aliphatic rings. The van der Waals surface area contributed by atoms with E-state index in [9.17, 15) is 28.8 Å². The zero-order valence-corrected chi connectivity index (χ0v) is 39.1. The average Bonchev–Trinajstić information content (AvgIpc) is 3.89. The first kappa shape index (κ1) is 49.8. The van der Waals surface area contributed by atoms with E-state index in [-0.39, 0.29) is 34.7 Å². The Bertz CT molecular complexity index is 2990. The number of ether oxygens (including phenoxy) is 4. The molecule has 0 unspecified atom stereocenters. The van der Waals surface area contributed by atoms with E-state index < -0.39 is 17.2 Å². The quantitative estimate of drug-likeness (QED) is 0.129. The van der Waals surface area contributed by atoms with Crippen LogP contribution >= 0.6 is 0 Å². The van der Waals surface area contributed by atoms with Crippen LogP contribution in [0.1, 0.15) is 70.6 Å². The molecule has 66 heavy (non-hydrogen) atoms. The lowest BCUT2D eigenvalue weighted by Gasteiger charge is -2.21. The van der Waals surface area contributed by atoms with E-state index in [4.69, 9.17) is 29.0 Å². The van der Waals surface area contributed by atoms with Gasteiger partial charge in [0.05, 0.1) is 39.1 Å². The second kappa shape index (κ2) is 22.6. The van der Waals surface area contributed by atoms with Gasteiger partial charge in [-0.15, -0.1) is 0 Å². The summed E-state index contributed by atoms with van der Waals surface area (Å²) in [5, 5.41) is 8.70. The smallest absolute Gasteiger partial charge is 0.332 e. The van der Waals surface area contributed by atoms with Crippen molar-refractivity contribution in [2.24, 2.45) is 33.2 Å². The largest absolute Gasteiger partial charge is 0.490 e. The molecule has 0 radical (unpaired) electrons. The number of aliphatic carboxylic acids is 1. The minimum atomic E-state index is -1.08. The summed E-state index contributed by atoms with van der Waals surface area (Å²) in [7, 11) is 6.13. The lowest BCUT2D eigenvalue weighted by molar-refractivity contribution is -0.137. The van der Waals surface area contributed by atoms with Crippen molar-refractivity contribution in [3.63, 3.8) is 0 Å². The SMILES string of the molecule is CC(=O)CCCCn1c(=O)c2c(ncn2C)n(C)c1=O.CCOc1ccc(CC2=NCCc3cc(OCC)c(OCC)cc32)cc1OCC.Cn1c(=O)c2c(ncn2CC(=O)O)n(C)c1=O. The molecule has 4 aromatic heterocycles. The summed E-state index contributed by atoms with van der Waals surface area (Å²) in [4.78, 5) is 82.2. The number of hydrogen-bond donors (Lipinski definition) is 1. The van der Waals surface area contributed by atoms with Crippen molar-refractivity contribution in [1.29, 1.82) is 0 Å². The van der Waals surface area contributed by atoms with Gasteiger partial charge in [-0.3, -0.25) is 37.6 Å². The molecule has 0 amide bonds. The average molecular weight is 914 g/mol. The highest BCUT2D eigenvalue weighted by Crippen LogP contribution is 2.35. The Hall–Kier alpha value is -7.25. The van der Waals surface area contributed by atoms with E-state index in [1.54, 1.807) is 18.7 Å². The summed E-state index contributed by atoms with van der Waals surface area (Å²) in [5.74, 6) is 2.19. The predicted molar refractivity (Wildman–Crippen MR) is 249 cm³/mol. The molecular weight excluding hydrogens is 855 g/mol. The second-order valence-electron chi connectivity index (χ2n) is 15.4. The molecule has 0 fully saturated rings. The van der Waals surface area contributed by atoms with Gasteiger partial charge >= 0.3 is 17.3 Å². The molecule has 0 saturated carbocycles. The maximum absolute atomic E-state index is 12.3. The number of ketones is 1. The maximum atomic E-state index is 12.3. The topological polar surface area (TPSA) is 227 Å². The number of carboxylic acid groups (broad SMARTS) is 1. The van der Waals surface area contributed by atoms with Gasteiger partial charge in [0.2, 0.25) is 0 Å². The first-order valence-corrected chi connectivity index (χ1v) is 21.8. The number of Topliss-reactive ketones (excluding diaryl/α,β-unsaturated/α-hetero) is 1. The fourth-order valence-corrected chi connectivity index (χ4v) is 7.46. The number of fused-ring (bicyclic) bond motifs is 3. The summed E-state index contributed by atoms with van der Waals surface area (Å²) in [6.07, 6.45) is 6.18. The highest BCUT2D eigenvalue weighted by molar-refractivity contribution is 6.04. The van der Waals surface area contributed by atoms with Crippen molar-refractivity contribution in [2.45, 2.75) is 79.8 Å². The summed E-state index contributed by atoms with van der Waals surface area (Å²) in [6.45, 7) is 12.6. The molecular formula is C46H59N9O11. The van der Waals surface area contributed by atoms with Crippen LogP contribution in [0.25, 0.3) is 22.3 Å². The van der Waals surface area contributed by atoms with Crippen LogP contribution in [-0.2, 0) is 63.7 Å². The molecule has 6 aromatic rings. The highest BCUT2D eigenvalue weighted by atomic mass is 16.5. The fourth-order valence-electron chi connectivity index (χ4n) is 7.46. The van der Waals surface area contributed by atoms with E-state index in [1.807, 2.05) is 33.8 Å². The van der Waals surface area contributed by atoms with Crippen molar-refractivity contribution in [3.05, 3.63) is 101 Å². The molecule has 354 valence electrons. The van der Waals surface area contributed by atoms with E-state index in [0.29, 0.717) is 63.4 Å². The summed E-state index contributed by atoms with van der Waals surface area (Å²) in [5.41, 5.74) is 3.97. The molecule has 5 heterocycles. The van der Waals surface area contributed by atoms with Gasteiger partial charge in [0, 0.05) is 65.4 Å². The van der Waals surface area contributed by atoms with Crippen LogP contribution < -0.4 is 41.4 Å². The number of carbonyl (C=O) groups is 2. The highest BCUT2D eigenvalue weighted by Gasteiger charge is 2.21. The Morgan fingerprint density at radius 3 is 1.92 bits per heavy atom. The van der Waals surface area contributed by atoms with Crippen molar-refractivity contribution in [3.8, 4) is 23.0 Å². The third-order valence-corrected chi connectivity index (χ3v) is 10.6. The van der Waals surface area contributed by atoms with Crippen LogP contribution in [-0.4, -0.2) is 92.9 Å². The number of carboxylic acids is 1. The minimum absolute atomic E-state index is 0.108. The molecule has 1 N–H and O–H groups in total. The number of nitrogens with zero attached hydrogens (tertiary/aromatic N) is 9. The molecule has 0 aliphatic carbocycles. The van der Waals surface area contributed by atoms with E-state index in [1.165, 1.54) is 57.5 Å². The van der Waals surface area contributed by atoms with Crippen molar-refractivity contribution < 1.29 is 33.6 Å². The molecule has 20 nitrogen and oxygen atoms in total.